The molecular formula is C23H29FN6O3. The molecule has 176 valence electrons. The minimum Gasteiger partial charge on any atom is -0.456 e. The van der Waals surface area contributed by atoms with Crippen LogP contribution in [0.3, 0.4) is 0 Å². The first-order chi connectivity index (χ1) is 15.9. The molecule has 4 heterocycles. The topological polar surface area (TPSA) is 96.6 Å². The van der Waals surface area contributed by atoms with Crippen molar-refractivity contribution < 1.29 is 19.0 Å². The Labute approximate surface area is 191 Å². The summed E-state index contributed by atoms with van der Waals surface area (Å²) in [6, 6.07) is 4.65. The zero-order valence-corrected chi connectivity index (χ0v) is 18.8. The Balaban J connectivity index is 1.14. The van der Waals surface area contributed by atoms with Gasteiger partial charge in [0.25, 0.3) is 0 Å². The Kier molecular flexibility index (Phi) is 5.88. The number of carbonyl (C=O) groups is 1. The van der Waals surface area contributed by atoms with Crippen LogP contribution in [-0.2, 0) is 9.53 Å². The van der Waals surface area contributed by atoms with E-state index in [1.807, 2.05) is 6.92 Å². The number of nitrogens with zero attached hydrogens (tertiary/aromatic N) is 6. The number of cyclic esters (lactones) is 1. The third kappa shape index (κ3) is 4.37. The van der Waals surface area contributed by atoms with Gasteiger partial charge in [-0.15, -0.1) is 5.10 Å². The van der Waals surface area contributed by atoms with Gasteiger partial charge in [0.1, 0.15) is 18.8 Å². The molecule has 1 spiro atoms. The Morgan fingerprint density at radius 2 is 1.91 bits per heavy atom. The van der Waals surface area contributed by atoms with Gasteiger partial charge in [-0.2, -0.15) is 0 Å². The highest BCUT2D eigenvalue weighted by Crippen LogP contribution is 2.42. The second-order valence-electron chi connectivity index (χ2n) is 9.41. The minimum atomic E-state index is -0.890. The lowest BCUT2D eigenvalue weighted by atomic mass is 9.71. The number of benzene rings is 1. The number of piperidine rings is 2. The van der Waals surface area contributed by atoms with E-state index in [4.69, 9.17) is 4.74 Å². The van der Waals surface area contributed by atoms with Crippen molar-refractivity contribution in [1.29, 1.82) is 0 Å². The molecule has 1 atom stereocenters. The van der Waals surface area contributed by atoms with Gasteiger partial charge in [0.15, 0.2) is 0 Å². The number of aliphatic hydroxyl groups is 1. The molecule has 0 saturated carbocycles. The largest absolute Gasteiger partial charge is 0.456 e. The molecule has 1 unspecified atom stereocenters. The van der Waals surface area contributed by atoms with Crippen LogP contribution in [0.5, 0.6) is 0 Å². The van der Waals surface area contributed by atoms with E-state index in [2.05, 4.69) is 25.3 Å². The molecule has 10 heteroatoms. The predicted octanol–water partition coefficient (Wildman–Crippen LogP) is 1.84. The van der Waals surface area contributed by atoms with Crippen molar-refractivity contribution >= 4 is 5.97 Å². The molecule has 9 nitrogen and oxygen atoms in total. The maximum atomic E-state index is 14.7. The zero-order chi connectivity index (χ0) is 23.0. The average molecular weight is 457 g/mol. The highest BCUT2D eigenvalue weighted by Gasteiger charge is 2.39. The molecule has 2 saturated heterocycles. The number of aromatic nitrogens is 4. The van der Waals surface area contributed by atoms with Crippen molar-refractivity contribution in [1.82, 2.24) is 30.0 Å². The van der Waals surface area contributed by atoms with Gasteiger partial charge >= 0.3 is 5.97 Å². The zero-order valence-electron chi connectivity index (χ0n) is 18.8. The Hall–Kier alpha value is -2.85. The molecule has 1 aromatic heterocycles. The number of rotatable bonds is 5. The third-order valence-corrected chi connectivity index (χ3v) is 7.59. The first kappa shape index (κ1) is 22.0. The van der Waals surface area contributed by atoms with Crippen molar-refractivity contribution in [3.05, 3.63) is 47.2 Å². The molecule has 0 amide bonds. The summed E-state index contributed by atoms with van der Waals surface area (Å²) in [5.74, 6) is -0.658. The number of β-amino-alcohol motifs (C(OH)–C–C–N with tert-alkyl or cyclic N) is 1. The molecule has 0 aliphatic carbocycles. The van der Waals surface area contributed by atoms with Crippen LogP contribution in [0.15, 0.2) is 35.8 Å². The van der Waals surface area contributed by atoms with Crippen molar-refractivity contribution in [3.63, 3.8) is 0 Å². The van der Waals surface area contributed by atoms with Crippen LogP contribution in [0.1, 0.15) is 44.3 Å². The van der Waals surface area contributed by atoms with Gasteiger partial charge in [-0.3, -0.25) is 0 Å². The second-order valence-corrected chi connectivity index (χ2v) is 9.41. The SMILES string of the molecule is CC1=C(N2CCC3(CCN(CC(O)c4ccc(-n5cnnn5)cc4F)CC3)CC2)COC1=O. The van der Waals surface area contributed by atoms with Crippen molar-refractivity contribution in [2.75, 3.05) is 39.3 Å². The van der Waals surface area contributed by atoms with Crippen LogP contribution in [0.25, 0.3) is 5.69 Å². The summed E-state index contributed by atoms with van der Waals surface area (Å²) in [5, 5.41) is 21.6. The molecule has 3 aliphatic rings. The Bertz CT molecular complexity index is 1040. The molecule has 5 rings (SSSR count). The van der Waals surface area contributed by atoms with E-state index >= 15 is 0 Å². The molecule has 2 aromatic rings. The van der Waals surface area contributed by atoms with Crippen LogP contribution >= 0.6 is 0 Å². The van der Waals surface area contributed by atoms with Crippen LogP contribution in [0.4, 0.5) is 4.39 Å². The second kappa shape index (κ2) is 8.83. The molecule has 2 fully saturated rings. The number of ether oxygens (including phenoxy) is 1. The lowest BCUT2D eigenvalue weighted by molar-refractivity contribution is -0.136. The van der Waals surface area contributed by atoms with Gasteiger partial charge in [0.05, 0.1) is 23.1 Å². The monoisotopic (exact) mass is 456 g/mol. The van der Waals surface area contributed by atoms with Crippen molar-refractivity contribution in [2.24, 2.45) is 5.41 Å². The lowest BCUT2D eigenvalue weighted by Crippen LogP contribution is -2.47. The van der Waals surface area contributed by atoms with Crippen molar-refractivity contribution in [2.45, 2.75) is 38.7 Å². The molecule has 0 bridgehead atoms. The smallest absolute Gasteiger partial charge is 0.335 e. The van der Waals surface area contributed by atoms with E-state index in [0.29, 0.717) is 24.3 Å². The van der Waals surface area contributed by atoms with Crippen LogP contribution < -0.4 is 0 Å². The highest BCUT2D eigenvalue weighted by molar-refractivity contribution is 5.90. The van der Waals surface area contributed by atoms with Crippen LogP contribution in [-0.4, -0.2) is 80.4 Å². The Morgan fingerprint density at radius 3 is 2.52 bits per heavy atom. The van der Waals surface area contributed by atoms with E-state index in [-0.39, 0.29) is 11.5 Å². The fourth-order valence-corrected chi connectivity index (χ4v) is 5.31. The molecule has 1 N–H and O–H groups in total. The first-order valence-corrected chi connectivity index (χ1v) is 11.5. The highest BCUT2D eigenvalue weighted by atomic mass is 19.1. The molecule has 3 aliphatic heterocycles. The van der Waals surface area contributed by atoms with Gasteiger partial charge < -0.3 is 19.6 Å². The normalized spacial score (nSPS) is 22.2. The molecule has 0 radical (unpaired) electrons. The molecule has 33 heavy (non-hydrogen) atoms. The van der Waals surface area contributed by atoms with Gasteiger partial charge in [0.2, 0.25) is 0 Å². The third-order valence-electron chi connectivity index (χ3n) is 7.59. The first-order valence-electron chi connectivity index (χ1n) is 11.5. The van der Waals surface area contributed by atoms with Crippen molar-refractivity contribution in [3.8, 4) is 5.69 Å². The fourth-order valence-electron chi connectivity index (χ4n) is 5.31. The number of hydrogen-bond donors (Lipinski definition) is 1. The van der Waals surface area contributed by atoms with E-state index in [0.717, 1.165) is 63.1 Å². The van der Waals surface area contributed by atoms with Gasteiger partial charge in [-0.25, -0.2) is 13.9 Å². The standard InChI is InChI=1S/C23H29FN6O3/c1-16-20(14-33-22(16)32)29-10-6-23(7-11-29)4-8-28(9-5-23)13-21(31)18-3-2-17(12-19(18)24)30-15-25-26-27-30/h2-3,12,15,21,31H,4-11,13-14H2,1H3. The fraction of sp³-hybridized carbons (Fsp3) is 0.565. The van der Waals surface area contributed by atoms with Gasteiger partial charge in [-0.05, 0) is 67.6 Å². The van der Waals surface area contributed by atoms with Crippen LogP contribution in [0, 0.1) is 11.2 Å². The number of halogens is 1. The number of carbonyl (C=O) groups excluding carboxylic acids is 1. The summed E-state index contributed by atoms with van der Waals surface area (Å²) < 4.78 is 21.2. The number of aliphatic hydroxyl groups excluding tert-OH is 1. The van der Waals surface area contributed by atoms with Crippen LogP contribution in [0.2, 0.25) is 0 Å². The summed E-state index contributed by atoms with van der Waals surface area (Å²) in [6.45, 7) is 6.34. The lowest BCUT2D eigenvalue weighted by Gasteiger charge is -2.47. The van der Waals surface area contributed by atoms with Gasteiger partial charge in [0, 0.05) is 31.3 Å². The number of likely N-dealkylation sites (tertiary alicyclic amines) is 2. The number of esters is 1. The summed E-state index contributed by atoms with van der Waals surface area (Å²) in [4.78, 5) is 16.2. The number of tetrazole rings is 1. The minimum absolute atomic E-state index is 0.196. The Morgan fingerprint density at radius 1 is 1.18 bits per heavy atom. The summed E-state index contributed by atoms with van der Waals surface area (Å²) in [6.07, 6.45) is 4.85. The quantitative estimate of drug-likeness (QED) is 0.681. The van der Waals surface area contributed by atoms with E-state index in [1.54, 1.807) is 12.1 Å². The summed E-state index contributed by atoms with van der Waals surface area (Å²) in [7, 11) is 0. The predicted molar refractivity (Wildman–Crippen MR) is 117 cm³/mol. The maximum absolute atomic E-state index is 14.7. The molecule has 1 aromatic carbocycles. The maximum Gasteiger partial charge on any atom is 0.335 e. The van der Waals surface area contributed by atoms with E-state index in [1.165, 1.54) is 17.1 Å². The van der Waals surface area contributed by atoms with E-state index < -0.39 is 11.9 Å². The molecular weight excluding hydrogens is 427 g/mol. The summed E-state index contributed by atoms with van der Waals surface area (Å²) in [5.41, 5.74) is 2.90. The summed E-state index contributed by atoms with van der Waals surface area (Å²) >= 11 is 0. The average Bonchev–Trinajstić information content (AvgIpc) is 3.47. The number of hydrogen-bond acceptors (Lipinski definition) is 8. The van der Waals surface area contributed by atoms with E-state index in [9.17, 15) is 14.3 Å². The van der Waals surface area contributed by atoms with Gasteiger partial charge in [-0.1, -0.05) is 6.07 Å².